The molecule has 0 bridgehead atoms. The van der Waals surface area contributed by atoms with Crippen LogP contribution in [0.3, 0.4) is 0 Å². The van der Waals surface area contributed by atoms with Crippen LogP contribution in [-0.4, -0.2) is 58.2 Å². The van der Waals surface area contributed by atoms with Gasteiger partial charge in [0, 0.05) is 14.1 Å². The van der Waals surface area contributed by atoms with Crippen molar-refractivity contribution in [3.63, 3.8) is 0 Å². The van der Waals surface area contributed by atoms with Crippen LogP contribution in [-0.2, 0) is 0 Å². The minimum absolute atomic E-state index is 0. The summed E-state index contributed by atoms with van der Waals surface area (Å²) < 4.78 is 0. The summed E-state index contributed by atoms with van der Waals surface area (Å²) in [5, 5.41) is 16.1. The number of nitrogens with zero attached hydrogens (tertiary/aromatic N) is 1. The van der Waals surface area contributed by atoms with Crippen molar-refractivity contribution in [3.8, 4) is 0 Å². The maximum absolute atomic E-state index is 7.07. The van der Waals surface area contributed by atoms with E-state index >= 15 is 0 Å². The van der Waals surface area contributed by atoms with Crippen molar-refractivity contribution in [2.24, 2.45) is 5.73 Å². The summed E-state index contributed by atoms with van der Waals surface area (Å²) in [6, 6.07) is 0. The van der Waals surface area contributed by atoms with E-state index in [1.165, 1.54) is 4.90 Å². The second kappa shape index (κ2) is 5.45. The van der Waals surface area contributed by atoms with Crippen LogP contribution in [0, 0.1) is 10.8 Å². The molecule has 58 valence electrons. The molecule has 10 heavy (non-hydrogen) atoms. The van der Waals surface area contributed by atoms with Crippen LogP contribution in [0.2, 0.25) is 0 Å². The number of nitrogens with two attached hydrogens (primary N) is 1. The first kappa shape index (κ1) is 12.3. The van der Waals surface area contributed by atoms with Crippen molar-refractivity contribution in [3.05, 3.63) is 0 Å². The van der Waals surface area contributed by atoms with Gasteiger partial charge in [-0.15, -0.1) is 0 Å². The summed E-state index contributed by atoms with van der Waals surface area (Å²) >= 11 is 0. The van der Waals surface area contributed by atoms with Crippen molar-refractivity contribution in [2.45, 2.75) is 0 Å². The predicted octanol–water partition coefficient (Wildman–Crippen LogP) is -1.95. The first-order valence-corrected chi connectivity index (χ1v) is 2.41. The Labute approximate surface area is 80.1 Å². The number of hydrogen-bond donors (Lipinski definition) is 4. The summed E-state index contributed by atoms with van der Waals surface area (Å²) in [6.07, 6.45) is 0. The molecule has 0 saturated carbocycles. The molecule has 0 saturated heterocycles. The van der Waals surface area contributed by atoms with Gasteiger partial charge >= 0.3 is 27.3 Å². The average molecular weight is 338 g/mol. The summed E-state index contributed by atoms with van der Waals surface area (Å²) in [5.41, 5.74) is 4.94. The van der Waals surface area contributed by atoms with Gasteiger partial charge in [-0.1, -0.05) is 0 Å². The number of rotatable bonds is 0. The van der Waals surface area contributed by atoms with Crippen molar-refractivity contribution in [1.29, 1.82) is 10.8 Å². The molecule has 5 nitrogen and oxygen atoms in total. The monoisotopic (exact) mass is 339 g/mol. The minimum atomic E-state index is -0.214. The number of hydrogen-bond acceptors (Lipinski definition) is 2. The molecule has 0 aliphatic rings. The van der Waals surface area contributed by atoms with E-state index in [2.05, 4.69) is 5.32 Å². The Kier molecular flexibility index (Phi) is 6.73. The molecular formula is C4H13N5Pb. The topological polar surface area (TPSA) is 89.0 Å². The quantitative estimate of drug-likeness (QED) is 0.235. The van der Waals surface area contributed by atoms with E-state index in [-0.39, 0.29) is 39.2 Å². The molecule has 0 amide bonds. The van der Waals surface area contributed by atoms with Gasteiger partial charge in [0.05, 0.1) is 0 Å². The van der Waals surface area contributed by atoms with Gasteiger partial charge in [-0.25, -0.2) is 0 Å². The molecule has 5 N–H and O–H groups in total. The standard InChI is InChI=1S/C4H11N5.Pb.2H/c1-9(2)4(7)8-3(5)6;;;/h1-2H3,(H5,5,6,7,8);;;. The molecule has 0 rings (SSSR count). The van der Waals surface area contributed by atoms with Crippen LogP contribution in [0.5, 0.6) is 0 Å². The SMILES string of the molecule is CN(C)C(=N)NC(=N)N.[PbH2]. The van der Waals surface area contributed by atoms with Gasteiger partial charge in [0.2, 0.25) is 0 Å². The van der Waals surface area contributed by atoms with E-state index < -0.39 is 0 Å². The Bertz CT molecular complexity index is 132. The van der Waals surface area contributed by atoms with Crippen LogP contribution in [0.25, 0.3) is 0 Å². The molecule has 0 aromatic carbocycles. The van der Waals surface area contributed by atoms with Gasteiger partial charge in [0.15, 0.2) is 11.9 Å². The maximum atomic E-state index is 7.07. The van der Waals surface area contributed by atoms with E-state index in [1.807, 2.05) is 0 Å². The summed E-state index contributed by atoms with van der Waals surface area (Å²) in [4.78, 5) is 1.52. The van der Waals surface area contributed by atoms with Gasteiger partial charge in [-0.2, -0.15) is 0 Å². The average Bonchev–Trinajstić information content (AvgIpc) is 1.63. The second-order valence-corrected chi connectivity index (χ2v) is 1.78. The van der Waals surface area contributed by atoms with E-state index in [9.17, 15) is 0 Å². The zero-order valence-corrected chi connectivity index (χ0v) is 11.7. The summed E-state index contributed by atoms with van der Waals surface area (Å²) in [5.74, 6) is -0.101. The third-order valence-electron chi connectivity index (χ3n) is 0.700. The molecular weight excluding hydrogens is 325 g/mol. The van der Waals surface area contributed by atoms with Crippen LogP contribution >= 0.6 is 0 Å². The van der Waals surface area contributed by atoms with Crippen LogP contribution in [0.15, 0.2) is 0 Å². The number of guanidine groups is 2. The van der Waals surface area contributed by atoms with Crippen LogP contribution in [0.4, 0.5) is 0 Å². The fraction of sp³-hybridized carbons (Fsp3) is 0.500. The normalized spacial score (nSPS) is 7.40. The van der Waals surface area contributed by atoms with Gasteiger partial charge in [-0.05, 0) is 0 Å². The molecule has 0 heterocycles. The van der Waals surface area contributed by atoms with Crippen molar-refractivity contribution in [1.82, 2.24) is 10.2 Å². The molecule has 0 aliphatic heterocycles. The molecule has 2 radical (unpaired) electrons. The Morgan fingerprint density at radius 2 is 1.80 bits per heavy atom. The predicted molar refractivity (Wildman–Crippen MR) is 45.0 cm³/mol. The molecule has 0 unspecified atom stereocenters. The Hall–Kier alpha value is -0.338. The molecule has 0 spiro atoms. The molecule has 0 aliphatic carbocycles. The zero-order chi connectivity index (χ0) is 7.44. The third kappa shape index (κ3) is 5.79. The third-order valence-corrected chi connectivity index (χ3v) is 0.700. The Balaban J connectivity index is 0. The van der Waals surface area contributed by atoms with E-state index in [0.717, 1.165) is 0 Å². The first-order chi connectivity index (χ1) is 4.04. The molecule has 0 aromatic rings. The van der Waals surface area contributed by atoms with Crippen molar-refractivity contribution >= 4 is 39.2 Å². The Morgan fingerprint density at radius 3 is 1.90 bits per heavy atom. The molecule has 0 aromatic heterocycles. The molecule has 6 heteroatoms. The fourth-order valence-electron chi connectivity index (χ4n) is 0.239. The fourth-order valence-corrected chi connectivity index (χ4v) is 0.239. The van der Waals surface area contributed by atoms with Gasteiger partial charge in [0.1, 0.15) is 0 Å². The summed E-state index contributed by atoms with van der Waals surface area (Å²) in [7, 11) is 3.39. The van der Waals surface area contributed by atoms with E-state index in [1.54, 1.807) is 14.1 Å². The van der Waals surface area contributed by atoms with Crippen molar-refractivity contribution in [2.75, 3.05) is 14.1 Å². The van der Waals surface area contributed by atoms with Gasteiger partial charge < -0.3 is 10.6 Å². The molecule has 0 atom stereocenters. The van der Waals surface area contributed by atoms with Gasteiger partial charge in [0.25, 0.3) is 0 Å². The van der Waals surface area contributed by atoms with E-state index in [4.69, 9.17) is 16.6 Å². The van der Waals surface area contributed by atoms with Gasteiger partial charge in [-0.3, -0.25) is 16.1 Å². The second-order valence-electron chi connectivity index (χ2n) is 1.78. The van der Waals surface area contributed by atoms with Crippen LogP contribution in [0.1, 0.15) is 0 Å². The van der Waals surface area contributed by atoms with Crippen LogP contribution < -0.4 is 11.1 Å². The number of nitrogens with one attached hydrogen (secondary N) is 3. The first-order valence-electron chi connectivity index (χ1n) is 2.41. The zero-order valence-electron chi connectivity index (χ0n) is 6.23. The van der Waals surface area contributed by atoms with E-state index in [0.29, 0.717) is 0 Å². The molecule has 0 fully saturated rings. The summed E-state index contributed by atoms with van der Waals surface area (Å²) in [6.45, 7) is 0. The Morgan fingerprint density at radius 1 is 1.40 bits per heavy atom. The van der Waals surface area contributed by atoms with Crippen molar-refractivity contribution < 1.29 is 0 Å².